The molecule has 1 aromatic carbocycles. The van der Waals surface area contributed by atoms with Gasteiger partial charge in [-0.2, -0.15) is 0 Å². The number of carbonyl (C=O) groups excluding carboxylic acids is 1. The first-order valence-corrected chi connectivity index (χ1v) is 7.58. The second kappa shape index (κ2) is 7.43. The van der Waals surface area contributed by atoms with E-state index in [9.17, 15) is 4.79 Å². The molecule has 21 heavy (non-hydrogen) atoms. The van der Waals surface area contributed by atoms with E-state index in [0.29, 0.717) is 25.0 Å². The molecule has 1 fully saturated rings. The molecule has 0 aliphatic carbocycles. The zero-order valence-electron chi connectivity index (χ0n) is 12.8. The summed E-state index contributed by atoms with van der Waals surface area (Å²) >= 11 is 0. The van der Waals surface area contributed by atoms with Crippen LogP contribution in [0.4, 0.5) is 10.5 Å². The predicted molar refractivity (Wildman–Crippen MR) is 84.3 cm³/mol. The lowest BCUT2D eigenvalue weighted by molar-refractivity contribution is 0.143. The third kappa shape index (κ3) is 4.19. The van der Waals surface area contributed by atoms with E-state index in [2.05, 4.69) is 17.6 Å². The molecule has 116 valence electrons. The van der Waals surface area contributed by atoms with Crippen LogP contribution in [0, 0.1) is 5.92 Å². The molecular formula is C16H25N3O2. The van der Waals surface area contributed by atoms with Gasteiger partial charge in [-0.15, -0.1) is 0 Å². The minimum atomic E-state index is -0.0548. The Morgan fingerprint density at radius 2 is 1.95 bits per heavy atom. The molecule has 0 radical (unpaired) electrons. The average Bonchev–Trinajstić information content (AvgIpc) is 2.55. The molecule has 1 aromatic rings. The number of piperidine rings is 1. The van der Waals surface area contributed by atoms with Crippen molar-refractivity contribution >= 4 is 11.7 Å². The van der Waals surface area contributed by atoms with Gasteiger partial charge in [-0.25, -0.2) is 4.79 Å². The normalized spacial score (nSPS) is 17.6. The van der Waals surface area contributed by atoms with Crippen LogP contribution in [0.3, 0.4) is 0 Å². The maximum atomic E-state index is 12.2. The van der Waals surface area contributed by atoms with Gasteiger partial charge in [0.05, 0.1) is 0 Å². The standard InChI is InChI=1S/C16H25N3O2/c1-12(17-2)14-3-5-15(6-4-14)18-16(21)19-9-7-13(11-20)8-10-19/h3-6,12-13,17,20H,7-11H2,1-2H3,(H,18,21). The van der Waals surface area contributed by atoms with Crippen LogP contribution in [-0.4, -0.2) is 42.8 Å². The van der Waals surface area contributed by atoms with Crippen LogP contribution >= 0.6 is 0 Å². The fraction of sp³-hybridized carbons (Fsp3) is 0.562. The van der Waals surface area contributed by atoms with Crippen molar-refractivity contribution in [3.63, 3.8) is 0 Å². The highest BCUT2D eigenvalue weighted by Crippen LogP contribution is 2.19. The van der Waals surface area contributed by atoms with E-state index in [0.717, 1.165) is 18.5 Å². The zero-order chi connectivity index (χ0) is 15.2. The number of hydrogen-bond donors (Lipinski definition) is 3. The smallest absolute Gasteiger partial charge is 0.321 e. The molecule has 1 atom stereocenters. The number of aliphatic hydroxyl groups is 1. The minimum Gasteiger partial charge on any atom is -0.396 e. The topological polar surface area (TPSA) is 64.6 Å². The first-order valence-electron chi connectivity index (χ1n) is 7.58. The molecule has 0 aromatic heterocycles. The van der Waals surface area contributed by atoms with Gasteiger partial charge in [0.15, 0.2) is 0 Å². The summed E-state index contributed by atoms with van der Waals surface area (Å²) in [6.07, 6.45) is 1.76. The van der Waals surface area contributed by atoms with Gasteiger partial charge in [0.25, 0.3) is 0 Å². The fourth-order valence-corrected chi connectivity index (χ4v) is 2.54. The zero-order valence-corrected chi connectivity index (χ0v) is 12.8. The van der Waals surface area contributed by atoms with Crippen LogP contribution in [0.15, 0.2) is 24.3 Å². The molecule has 1 aliphatic heterocycles. The third-order valence-corrected chi connectivity index (χ3v) is 4.25. The summed E-state index contributed by atoms with van der Waals surface area (Å²) in [6.45, 7) is 3.75. The van der Waals surface area contributed by atoms with Crippen molar-refractivity contribution in [3.05, 3.63) is 29.8 Å². The molecule has 1 aliphatic rings. The van der Waals surface area contributed by atoms with E-state index < -0.39 is 0 Å². The number of hydrogen-bond acceptors (Lipinski definition) is 3. The maximum absolute atomic E-state index is 12.2. The second-order valence-electron chi connectivity index (χ2n) is 5.68. The number of rotatable bonds is 4. The number of anilines is 1. The fourth-order valence-electron chi connectivity index (χ4n) is 2.54. The molecule has 1 heterocycles. The van der Waals surface area contributed by atoms with Crippen LogP contribution < -0.4 is 10.6 Å². The first-order chi connectivity index (χ1) is 10.1. The summed E-state index contributed by atoms with van der Waals surface area (Å²) in [6, 6.07) is 8.15. The quantitative estimate of drug-likeness (QED) is 0.797. The van der Waals surface area contributed by atoms with E-state index in [4.69, 9.17) is 5.11 Å². The SMILES string of the molecule is CNC(C)c1ccc(NC(=O)N2CCC(CO)CC2)cc1. The highest BCUT2D eigenvalue weighted by atomic mass is 16.3. The molecule has 0 spiro atoms. The molecule has 5 heteroatoms. The molecule has 1 unspecified atom stereocenters. The van der Waals surface area contributed by atoms with Crippen molar-refractivity contribution in [2.45, 2.75) is 25.8 Å². The van der Waals surface area contributed by atoms with Crippen molar-refractivity contribution in [2.75, 3.05) is 32.1 Å². The van der Waals surface area contributed by atoms with Gasteiger partial charge >= 0.3 is 6.03 Å². The first kappa shape index (κ1) is 15.8. The van der Waals surface area contributed by atoms with Gasteiger partial charge in [0, 0.05) is 31.4 Å². The van der Waals surface area contributed by atoms with Crippen LogP contribution in [0.5, 0.6) is 0 Å². The molecule has 0 bridgehead atoms. The molecule has 2 amide bonds. The summed E-state index contributed by atoms with van der Waals surface area (Å²) in [5.74, 6) is 0.344. The Balaban J connectivity index is 1.88. The minimum absolute atomic E-state index is 0.0548. The molecule has 3 N–H and O–H groups in total. The van der Waals surface area contributed by atoms with Crippen LogP contribution in [0.1, 0.15) is 31.4 Å². The van der Waals surface area contributed by atoms with Crippen molar-refractivity contribution in [3.8, 4) is 0 Å². The van der Waals surface area contributed by atoms with Crippen LogP contribution in [0.2, 0.25) is 0 Å². The number of nitrogens with zero attached hydrogens (tertiary/aromatic N) is 1. The number of amides is 2. The van der Waals surface area contributed by atoms with E-state index in [1.165, 1.54) is 5.56 Å². The Bertz CT molecular complexity index is 453. The van der Waals surface area contributed by atoms with Gasteiger partial charge in [0.1, 0.15) is 0 Å². The van der Waals surface area contributed by atoms with Crippen molar-refractivity contribution < 1.29 is 9.90 Å². The highest BCUT2D eigenvalue weighted by molar-refractivity contribution is 5.89. The van der Waals surface area contributed by atoms with E-state index >= 15 is 0 Å². The molecule has 5 nitrogen and oxygen atoms in total. The van der Waals surface area contributed by atoms with Gasteiger partial charge in [-0.3, -0.25) is 0 Å². The number of likely N-dealkylation sites (tertiary alicyclic amines) is 1. The third-order valence-electron chi connectivity index (χ3n) is 4.25. The summed E-state index contributed by atoms with van der Waals surface area (Å²) in [5.41, 5.74) is 2.01. The van der Waals surface area contributed by atoms with E-state index in [1.54, 1.807) is 0 Å². The lowest BCUT2D eigenvalue weighted by Crippen LogP contribution is -2.41. The number of nitrogens with one attached hydrogen (secondary N) is 2. The van der Waals surface area contributed by atoms with Gasteiger partial charge in [0.2, 0.25) is 0 Å². The lowest BCUT2D eigenvalue weighted by atomic mass is 9.98. The monoisotopic (exact) mass is 291 g/mol. The number of carbonyl (C=O) groups is 1. The Labute approximate surface area is 126 Å². The van der Waals surface area contributed by atoms with Crippen molar-refractivity contribution in [1.82, 2.24) is 10.2 Å². The number of benzene rings is 1. The summed E-state index contributed by atoms with van der Waals surface area (Å²) in [7, 11) is 1.93. The van der Waals surface area contributed by atoms with Gasteiger partial charge in [-0.1, -0.05) is 12.1 Å². The van der Waals surface area contributed by atoms with Crippen LogP contribution in [0.25, 0.3) is 0 Å². The Morgan fingerprint density at radius 3 is 2.48 bits per heavy atom. The molecule has 1 saturated heterocycles. The summed E-state index contributed by atoms with van der Waals surface area (Å²) < 4.78 is 0. The largest absolute Gasteiger partial charge is 0.396 e. The summed E-state index contributed by atoms with van der Waals surface area (Å²) in [5, 5.41) is 15.2. The number of urea groups is 1. The summed E-state index contributed by atoms with van der Waals surface area (Å²) in [4.78, 5) is 14.0. The average molecular weight is 291 g/mol. The second-order valence-corrected chi connectivity index (χ2v) is 5.68. The van der Waals surface area contributed by atoms with Gasteiger partial charge in [-0.05, 0) is 50.4 Å². The highest BCUT2D eigenvalue weighted by Gasteiger charge is 2.22. The van der Waals surface area contributed by atoms with E-state index in [1.807, 2.05) is 36.2 Å². The predicted octanol–water partition coefficient (Wildman–Crippen LogP) is 2.20. The Kier molecular flexibility index (Phi) is 5.59. The molecule has 0 saturated carbocycles. The Morgan fingerprint density at radius 1 is 1.33 bits per heavy atom. The van der Waals surface area contributed by atoms with Crippen LogP contribution in [-0.2, 0) is 0 Å². The van der Waals surface area contributed by atoms with Gasteiger partial charge < -0.3 is 20.6 Å². The van der Waals surface area contributed by atoms with Crippen molar-refractivity contribution in [2.24, 2.45) is 5.92 Å². The van der Waals surface area contributed by atoms with E-state index in [-0.39, 0.29) is 12.6 Å². The van der Waals surface area contributed by atoms with Crippen molar-refractivity contribution in [1.29, 1.82) is 0 Å². The lowest BCUT2D eigenvalue weighted by Gasteiger charge is -2.31. The maximum Gasteiger partial charge on any atom is 0.321 e. The molecular weight excluding hydrogens is 266 g/mol. The Hall–Kier alpha value is -1.59. The molecule has 2 rings (SSSR count). The number of aliphatic hydroxyl groups excluding tert-OH is 1.